The average Bonchev–Trinajstić information content (AvgIpc) is 1.59. The van der Waals surface area contributed by atoms with E-state index in [-0.39, 0.29) is 66.7 Å². The minimum Gasteiger partial charge on any atom is -0.404 e. The van der Waals surface area contributed by atoms with Gasteiger partial charge in [-0.3, -0.25) is 33.3 Å². The summed E-state index contributed by atoms with van der Waals surface area (Å²) in [5, 5.41) is 15.5. The summed E-state index contributed by atoms with van der Waals surface area (Å²) in [6.45, 7) is 27.7. The number of halogens is 9. The lowest BCUT2D eigenvalue weighted by atomic mass is 9.84. The molecule has 18 nitrogen and oxygen atoms in total. The first-order chi connectivity index (χ1) is 43.1. The molecular weight excluding hydrogens is 1510 g/mol. The highest BCUT2D eigenvalue weighted by Gasteiger charge is 2.42. The molecule has 0 saturated carbocycles. The molecule has 0 atom stereocenters. The van der Waals surface area contributed by atoms with Gasteiger partial charge in [0.1, 0.15) is 40.4 Å². The third-order valence-electron chi connectivity index (χ3n) is 15.1. The highest BCUT2D eigenvalue weighted by Crippen LogP contribution is 2.43. The number of hydrogen-bond acceptors (Lipinski definition) is 9. The Balaban J connectivity index is 0.000000200. The van der Waals surface area contributed by atoms with E-state index >= 15 is 0 Å². The van der Waals surface area contributed by atoms with Crippen molar-refractivity contribution in [1.29, 1.82) is 0 Å². The van der Waals surface area contributed by atoms with E-state index in [1.165, 1.54) is 42.5 Å². The van der Waals surface area contributed by atoms with Gasteiger partial charge in [0.05, 0.1) is 70.8 Å². The molecule has 92 heavy (non-hydrogen) atoms. The number of rotatable bonds is 2. The molecule has 5 aromatic carbocycles. The third kappa shape index (κ3) is 16.4. The number of anilines is 5. The summed E-state index contributed by atoms with van der Waals surface area (Å²) in [6, 6.07) is 26.9. The molecule has 6 N–H and O–H groups in total. The Morgan fingerprint density at radius 3 is 1.53 bits per heavy atom. The van der Waals surface area contributed by atoms with Crippen LogP contribution in [0.15, 0.2) is 108 Å². The lowest BCUT2D eigenvalue weighted by Gasteiger charge is -2.17. The molecule has 0 aliphatic carbocycles. The molecule has 0 unspecified atom stereocenters. The first-order valence-corrected chi connectivity index (χ1v) is 34.1. The number of nitrogens with zero attached hydrogens (tertiary/aromatic N) is 4. The quantitative estimate of drug-likeness (QED) is 0.0242. The van der Waals surface area contributed by atoms with E-state index < -0.39 is 45.4 Å². The number of aromatic nitrogens is 2. The lowest BCUT2D eigenvalue weighted by molar-refractivity contribution is -0.120. The van der Waals surface area contributed by atoms with Crippen LogP contribution in [-0.2, 0) is 70.0 Å². The van der Waals surface area contributed by atoms with Crippen molar-refractivity contribution in [2.45, 2.75) is 71.6 Å². The highest BCUT2D eigenvalue weighted by molar-refractivity contribution is 14.1. The maximum atomic E-state index is 14.3. The molecule has 13 rings (SSSR count). The van der Waals surface area contributed by atoms with Gasteiger partial charge in [0.15, 0.2) is 0 Å². The molecule has 6 aliphatic heterocycles. The van der Waals surface area contributed by atoms with Crippen LogP contribution in [-0.4, -0.2) is 82.8 Å². The maximum absolute atomic E-state index is 14.3. The summed E-state index contributed by atoms with van der Waals surface area (Å²) >= 11 is 10.9. The predicted octanol–water partition coefficient (Wildman–Crippen LogP) is 14.1. The molecule has 0 radical (unpaired) electrons. The number of Topliss-reactive ketones (excluding diaryl/α,β-unsaturated/α-hetero) is 1. The molecule has 7 aromatic rings. The smallest absolute Gasteiger partial charge is 0.404 e. The Labute approximate surface area is 567 Å². The van der Waals surface area contributed by atoms with E-state index in [1.807, 2.05) is 28.7 Å². The van der Waals surface area contributed by atoms with Crippen molar-refractivity contribution in [2.75, 3.05) is 57.8 Å². The van der Waals surface area contributed by atoms with E-state index in [2.05, 4.69) is 108 Å². The van der Waals surface area contributed by atoms with Crippen molar-refractivity contribution >= 4 is 155 Å². The van der Waals surface area contributed by atoms with Crippen LogP contribution in [0, 0.1) is 42.2 Å². The molecule has 1 fully saturated rings. The predicted molar refractivity (Wildman–Crippen MR) is 367 cm³/mol. The zero-order valence-corrected chi connectivity index (χ0v) is 57.3. The van der Waals surface area contributed by atoms with Gasteiger partial charge in [0.2, 0.25) is 35.3 Å². The largest absolute Gasteiger partial charge is 0.534 e. The summed E-state index contributed by atoms with van der Waals surface area (Å²) in [5.74, 6) is -3.15. The van der Waals surface area contributed by atoms with Crippen LogP contribution < -0.4 is 37.5 Å². The number of nitrogens with one attached hydrogen (secondary N) is 6. The van der Waals surface area contributed by atoms with Crippen LogP contribution in [0.4, 0.5) is 62.0 Å². The third-order valence-corrected chi connectivity index (χ3v) is 15.6. The van der Waals surface area contributed by atoms with E-state index in [0.29, 0.717) is 69.5 Å². The second-order valence-corrected chi connectivity index (χ2v) is 22.8. The molecule has 484 valence electrons. The van der Waals surface area contributed by atoms with Crippen molar-refractivity contribution < 1.29 is 60.0 Å². The van der Waals surface area contributed by atoms with Crippen LogP contribution in [0.5, 0.6) is 0 Å². The Kier molecular flexibility index (Phi) is 26.4. The van der Waals surface area contributed by atoms with Crippen LogP contribution in [0.2, 0.25) is 0 Å². The molecule has 0 bridgehead atoms. The molecule has 8 heterocycles. The van der Waals surface area contributed by atoms with Crippen LogP contribution in [0.1, 0.15) is 81.6 Å². The molecular formula is C64H64BBr3F5IN10O8. The first kappa shape index (κ1) is 75.1. The van der Waals surface area contributed by atoms with Gasteiger partial charge in [-0.2, -0.15) is 0 Å². The molecule has 6 aliphatic rings. The van der Waals surface area contributed by atoms with Crippen molar-refractivity contribution in [3.8, 4) is 11.3 Å². The summed E-state index contributed by atoms with van der Waals surface area (Å²) in [6.07, 6.45) is 0.299. The van der Waals surface area contributed by atoms with Gasteiger partial charge in [0, 0.05) is 64.6 Å². The molecule has 2 aromatic heterocycles. The van der Waals surface area contributed by atoms with Gasteiger partial charge in [-0.05, 0) is 142 Å². The number of carbonyl (C=O) groups excluding carboxylic acids is 6. The minimum absolute atomic E-state index is 0. The molecule has 28 heteroatoms. The first-order valence-electron chi connectivity index (χ1n) is 27.4. The van der Waals surface area contributed by atoms with Gasteiger partial charge >= 0.3 is 7.12 Å². The lowest BCUT2D eigenvalue weighted by Crippen LogP contribution is -2.45. The normalized spacial score (nSPS) is 15.6. The van der Waals surface area contributed by atoms with Gasteiger partial charge < -0.3 is 55.5 Å². The van der Waals surface area contributed by atoms with Gasteiger partial charge in [-0.1, -0.05) is 89.4 Å². The summed E-state index contributed by atoms with van der Waals surface area (Å²) in [4.78, 5) is 76.2. The number of fused-ring (bicyclic) bond motifs is 5. The van der Waals surface area contributed by atoms with Gasteiger partial charge in [-0.25, -0.2) is 22.0 Å². The Morgan fingerprint density at radius 1 is 0.554 bits per heavy atom. The fourth-order valence-electron chi connectivity index (χ4n) is 9.85. The number of hydrogen-bond donors (Lipinski definition) is 6. The zero-order valence-electron chi connectivity index (χ0n) is 50.4. The molecule has 0 spiro atoms. The second-order valence-electron chi connectivity index (χ2n) is 21.9. The second kappa shape index (κ2) is 32.3. The van der Waals surface area contributed by atoms with Crippen molar-refractivity contribution in [3.05, 3.63) is 187 Å². The SMILES string of the molecule is BrBr.C.CC1(C)C(=O)Nc2c(F)cc(Br)cc21.CC1(C)C(=O)Nc2c(F)cccc21.CI.O=C1Cc2cccc(F)c2N1.O=C1Nc2c(F)cccc2C1=O.[C-]#[N+]c1ccc(-c2cc(F)c3c(c2)C(C)(C)C(=O)N3)n1C.[C-]#[N+]c1ccc(B2OCCNCCO2)n1C. The average molecular weight is 1570 g/mol. The fraction of sp³-hybridized carbons (Fsp3) is 0.281. The number of benzene rings is 5. The standard InChI is InChI=1S/C16H14FN3O.C10H14BN3O2.C10H9BrFNO.C10H10FNO.C8H4FNO2.C8H6FNO.CH3I.CH4.Br2/c1-16(2)10-7-9(8-11(17)14(10)19-15(16)21)12-5-6-13(18-3)20(12)4;1-12-10-4-3-9(14(10)2)11-15-7-5-13-6-8-16-11;1-10(2)6-3-5(11)4-7(12)8(6)13-9(10)14;1-10(2)6-4-3-5-7(11)8(6)12-9(10)13;9-5-3-1-2-4-6(5)10-8(12)7(4)11;9-6-3-1-2-5-4-7(11)10-8(5)6;1-2;;1-2/h5-8H,1-2,4H3,(H,19,21);3-4,13H,5-8H2,2H3;3-4H,1-2H3,(H,13,14);3-5H,1-2H3,(H,12,13);1-3H,(H,10,11,12);1-3H,4H2,(H,10,11);1H3;1H4;. The summed E-state index contributed by atoms with van der Waals surface area (Å²) in [5.41, 5.74) is 4.45. The van der Waals surface area contributed by atoms with Gasteiger partial charge in [0.25, 0.3) is 11.7 Å². The topological polar surface area (TPSA) is 212 Å². The van der Waals surface area contributed by atoms with E-state index in [4.69, 9.17) is 22.5 Å². The minimum atomic E-state index is -0.768. The number of alkyl halides is 1. The monoisotopic (exact) mass is 1570 g/mol. The highest BCUT2D eigenvalue weighted by atomic mass is 127. The van der Waals surface area contributed by atoms with Crippen LogP contribution in [0.3, 0.4) is 0 Å². The van der Waals surface area contributed by atoms with Gasteiger partial charge in [-0.15, -0.1) is 0 Å². The fourth-order valence-corrected chi connectivity index (χ4v) is 10.3. The number of amides is 5. The Hall–Kier alpha value is -7.58. The number of para-hydroxylation sites is 3. The molecule has 1 saturated heterocycles. The Bertz CT molecular complexity index is 4050. The van der Waals surface area contributed by atoms with Crippen molar-refractivity contribution in [2.24, 2.45) is 14.1 Å². The van der Waals surface area contributed by atoms with Crippen molar-refractivity contribution in [1.82, 2.24) is 14.5 Å². The van der Waals surface area contributed by atoms with Crippen LogP contribution >= 0.6 is 66.8 Å². The van der Waals surface area contributed by atoms with E-state index in [9.17, 15) is 50.7 Å². The molecule has 5 amide bonds. The van der Waals surface area contributed by atoms with Crippen molar-refractivity contribution in [3.63, 3.8) is 0 Å². The number of ketones is 1. The maximum Gasteiger partial charge on any atom is 0.534 e. The van der Waals surface area contributed by atoms with E-state index in [1.54, 1.807) is 102 Å². The van der Waals surface area contributed by atoms with Crippen LogP contribution in [0.25, 0.3) is 20.9 Å². The zero-order chi connectivity index (χ0) is 67.4. The Morgan fingerprint density at radius 2 is 1.02 bits per heavy atom. The summed E-state index contributed by atoms with van der Waals surface area (Å²) in [7, 11) is 3.26. The summed E-state index contributed by atoms with van der Waals surface area (Å²) < 4.78 is 82.0. The van der Waals surface area contributed by atoms with E-state index in [0.717, 1.165) is 35.5 Å². The number of carbonyl (C=O) groups is 6.